The molecule has 0 aliphatic carbocycles. The largest absolute Gasteiger partial charge is 0.273 e. The summed E-state index contributed by atoms with van der Waals surface area (Å²) in [7, 11) is 1.85. The monoisotopic (exact) mass is 181 g/mol. The molecule has 0 atom stereocenters. The van der Waals surface area contributed by atoms with E-state index in [1.807, 2.05) is 26.2 Å². The Morgan fingerprint density at radius 2 is 2.25 bits per heavy atom. The topological polar surface area (TPSA) is 30.7 Å². The molecule has 0 aliphatic rings. The first-order chi connectivity index (χ1) is 5.66. The van der Waals surface area contributed by atoms with Crippen LogP contribution in [0, 0.1) is 6.92 Å². The van der Waals surface area contributed by atoms with Gasteiger partial charge in [0.25, 0.3) is 0 Å². The van der Waals surface area contributed by atoms with E-state index in [0.29, 0.717) is 10.7 Å². The molecule has 2 aromatic heterocycles. The molecule has 2 aromatic rings. The van der Waals surface area contributed by atoms with Crippen LogP contribution < -0.4 is 0 Å². The van der Waals surface area contributed by atoms with Gasteiger partial charge in [0.2, 0.25) is 0 Å². The van der Waals surface area contributed by atoms with Crippen molar-refractivity contribution in [1.82, 2.24) is 14.8 Å². The summed E-state index contributed by atoms with van der Waals surface area (Å²) in [4.78, 5) is 4.24. The van der Waals surface area contributed by atoms with Crippen LogP contribution in [0.15, 0.2) is 12.3 Å². The molecule has 0 saturated carbocycles. The van der Waals surface area contributed by atoms with Gasteiger partial charge in [0, 0.05) is 18.9 Å². The smallest absolute Gasteiger partial charge is 0.182 e. The summed E-state index contributed by atoms with van der Waals surface area (Å²) in [5.74, 6) is 0. The minimum atomic E-state index is 0.711. The van der Waals surface area contributed by atoms with Crippen LogP contribution in [0.3, 0.4) is 0 Å². The number of hydrogen-bond donors (Lipinski definition) is 0. The Kier molecular flexibility index (Phi) is 1.54. The lowest BCUT2D eigenvalue weighted by Crippen LogP contribution is -1.86. The fourth-order valence-corrected chi connectivity index (χ4v) is 1.48. The summed E-state index contributed by atoms with van der Waals surface area (Å²) in [6.07, 6.45) is 1.87. The van der Waals surface area contributed by atoms with E-state index in [1.165, 1.54) is 0 Å². The number of fused-ring (bicyclic) bond motifs is 1. The van der Waals surface area contributed by atoms with Gasteiger partial charge >= 0.3 is 0 Å². The van der Waals surface area contributed by atoms with Crippen LogP contribution in [0.1, 0.15) is 5.69 Å². The summed E-state index contributed by atoms with van der Waals surface area (Å²) in [5, 5.41) is 5.78. The zero-order valence-corrected chi connectivity index (χ0v) is 7.63. The highest BCUT2D eigenvalue weighted by atomic mass is 35.5. The first kappa shape index (κ1) is 7.55. The maximum Gasteiger partial charge on any atom is 0.182 e. The molecule has 0 spiro atoms. The fraction of sp³-hybridized carbons (Fsp3) is 0.250. The number of halogens is 1. The maximum atomic E-state index is 5.98. The highest BCUT2D eigenvalue weighted by molar-refractivity contribution is 6.35. The molecule has 0 N–H and O–H groups in total. The third-order valence-corrected chi connectivity index (χ3v) is 2.00. The molecule has 2 heterocycles. The predicted octanol–water partition coefficient (Wildman–Crippen LogP) is 1.93. The Morgan fingerprint density at radius 3 is 3.00 bits per heavy atom. The van der Waals surface area contributed by atoms with Gasteiger partial charge in [0.05, 0.1) is 10.4 Å². The Labute approximate surface area is 75.0 Å². The standard InChI is InChI=1S/C8H8ClN3/c1-5-3-7(9)6-4-12(2)11-8(6)10-5/h3-4H,1-2H3. The van der Waals surface area contributed by atoms with E-state index in [4.69, 9.17) is 11.6 Å². The molecular weight excluding hydrogens is 174 g/mol. The highest BCUT2D eigenvalue weighted by Crippen LogP contribution is 2.21. The van der Waals surface area contributed by atoms with E-state index >= 15 is 0 Å². The van der Waals surface area contributed by atoms with Gasteiger partial charge in [-0.3, -0.25) is 4.68 Å². The summed E-state index contributed by atoms with van der Waals surface area (Å²) >= 11 is 5.98. The molecule has 4 heteroatoms. The van der Waals surface area contributed by atoms with Crippen LogP contribution in [-0.4, -0.2) is 14.8 Å². The fourth-order valence-electron chi connectivity index (χ4n) is 1.19. The third-order valence-electron chi connectivity index (χ3n) is 1.68. The van der Waals surface area contributed by atoms with Crippen molar-refractivity contribution in [3.05, 3.63) is 23.0 Å². The van der Waals surface area contributed by atoms with Gasteiger partial charge < -0.3 is 0 Å². The van der Waals surface area contributed by atoms with Crippen LogP contribution in [0.5, 0.6) is 0 Å². The van der Waals surface area contributed by atoms with Crippen molar-refractivity contribution < 1.29 is 0 Å². The molecule has 62 valence electrons. The quantitative estimate of drug-likeness (QED) is 0.622. The molecule has 0 saturated heterocycles. The van der Waals surface area contributed by atoms with E-state index in [1.54, 1.807) is 4.68 Å². The van der Waals surface area contributed by atoms with Crippen LogP contribution in [0.4, 0.5) is 0 Å². The number of aryl methyl sites for hydroxylation is 2. The number of hydrogen-bond acceptors (Lipinski definition) is 2. The summed E-state index contributed by atoms with van der Waals surface area (Å²) in [5.41, 5.74) is 1.61. The molecule has 0 aromatic carbocycles. The zero-order chi connectivity index (χ0) is 8.72. The van der Waals surface area contributed by atoms with Crippen LogP contribution in [-0.2, 0) is 7.05 Å². The van der Waals surface area contributed by atoms with Crippen molar-refractivity contribution in [2.24, 2.45) is 7.05 Å². The third kappa shape index (κ3) is 1.06. The normalized spacial score (nSPS) is 10.9. The average Bonchev–Trinajstić information content (AvgIpc) is 2.29. The Morgan fingerprint density at radius 1 is 1.50 bits per heavy atom. The van der Waals surface area contributed by atoms with Crippen LogP contribution in [0.25, 0.3) is 11.0 Å². The van der Waals surface area contributed by atoms with Crippen molar-refractivity contribution in [3.63, 3.8) is 0 Å². The number of aromatic nitrogens is 3. The van der Waals surface area contributed by atoms with Crippen LogP contribution in [0.2, 0.25) is 5.02 Å². The molecule has 0 aliphatic heterocycles. The van der Waals surface area contributed by atoms with Crippen molar-refractivity contribution >= 4 is 22.6 Å². The molecule has 0 unspecified atom stereocenters. The number of pyridine rings is 1. The van der Waals surface area contributed by atoms with E-state index in [2.05, 4.69) is 10.1 Å². The van der Waals surface area contributed by atoms with Crippen LogP contribution >= 0.6 is 11.6 Å². The Bertz CT molecular complexity index is 433. The predicted molar refractivity (Wildman–Crippen MR) is 48.3 cm³/mol. The Hall–Kier alpha value is -1.09. The number of rotatable bonds is 0. The molecule has 0 amide bonds. The molecular formula is C8H8ClN3. The molecule has 0 fully saturated rings. The second-order valence-corrected chi connectivity index (χ2v) is 3.19. The SMILES string of the molecule is Cc1cc(Cl)c2cn(C)nc2n1. The zero-order valence-electron chi connectivity index (χ0n) is 6.87. The second-order valence-electron chi connectivity index (χ2n) is 2.79. The highest BCUT2D eigenvalue weighted by Gasteiger charge is 2.04. The number of nitrogens with zero attached hydrogens (tertiary/aromatic N) is 3. The summed E-state index contributed by atoms with van der Waals surface area (Å²) in [6, 6.07) is 1.84. The minimum absolute atomic E-state index is 0.711. The first-order valence-electron chi connectivity index (χ1n) is 3.63. The van der Waals surface area contributed by atoms with Crippen molar-refractivity contribution in [2.75, 3.05) is 0 Å². The van der Waals surface area contributed by atoms with Gasteiger partial charge in [-0.2, -0.15) is 5.10 Å². The van der Waals surface area contributed by atoms with E-state index in [0.717, 1.165) is 11.1 Å². The molecule has 0 radical (unpaired) electrons. The van der Waals surface area contributed by atoms with E-state index in [9.17, 15) is 0 Å². The molecule has 2 rings (SSSR count). The van der Waals surface area contributed by atoms with Gasteiger partial charge in [0.15, 0.2) is 5.65 Å². The molecule has 12 heavy (non-hydrogen) atoms. The van der Waals surface area contributed by atoms with Crippen molar-refractivity contribution in [1.29, 1.82) is 0 Å². The van der Waals surface area contributed by atoms with Gasteiger partial charge in [-0.25, -0.2) is 4.98 Å². The molecule has 3 nitrogen and oxygen atoms in total. The second kappa shape index (κ2) is 2.45. The first-order valence-corrected chi connectivity index (χ1v) is 4.01. The van der Waals surface area contributed by atoms with Crippen molar-refractivity contribution in [2.45, 2.75) is 6.92 Å². The maximum absolute atomic E-state index is 5.98. The molecule has 0 bridgehead atoms. The minimum Gasteiger partial charge on any atom is -0.273 e. The van der Waals surface area contributed by atoms with E-state index in [-0.39, 0.29) is 0 Å². The van der Waals surface area contributed by atoms with Crippen molar-refractivity contribution in [3.8, 4) is 0 Å². The summed E-state index contributed by atoms with van der Waals surface area (Å²) in [6.45, 7) is 1.90. The average molecular weight is 182 g/mol. The lowest BCUT2D eigenvalue weighted by atomic mass is 10.3. The lowest BCUT2D eigenvalue weighted by Gasteiger charge is -1.93. The summed E-state index contributed by atoms with van der Waals surface area (Å²) < 4.78 is 1.71. The van der Waals surface area contributed by atoms with E-state index < -0.39 is 0 Å². The van der Waals surface area contributed by atoms with Gasteiger partial charge in [-0.1, -0.05) is 11.6 Å². The van der Waals surface area contributed by atoms with Gasteiger partial charge in [-0.05, 0) is 13.0 Å². The Balaban J connectivity index is 2.88. The lowest BCUT2D eigenvalue weighted by molar-refractivity contribution is 0.775. The van der Waals surface area contributed by atoms with Gasteiger partial charge in [-0.15, -0.1) is 0 Å². The van der Waals surface area contributed by atoms with Gasteiger partial charge in [0.1, 0.15) is 0 Å².